The fourth-order valence-corrected chi connectivity index (χ4v) is 0.799. The van der Waals surface area contributed by atoms with Gasteiger partial charge in [0.05, 0.1) is 0 Å². The van der Waals surface area contributed by atoms with Crippen LogP contribution in [0.15, 0.2) is 18.2 Å². The summed E-state index contributed by atoms with van der Waals surface area (Å²) in [7, 11) is 0. The van der Waals surface area contributed by atoms with Crippen molar-refractivity contribution in [2.24, 2.45) is 0 Å². The molecule has 0 atom stereocenters. The van der Waals surface area contributed by atoms with E-state index in [1.807, 2.05) is 32.0 Å². The molecule has 0 heterocycles. The molecule has 12 heavy (non-hydrogen) atoms. The van der Waals surface area contributed by atoms with Gasteiger partial charge in [-0.25, -0.2) is 0 Å². The Morgan fingerprint density at radius 1 is 1.08 bits per heavy atom. The van der Waals surface area contributed by atoms with Crippen molar-refractivity contribution in [1.82, 2.24) is 0 Å². The Bertz CT molecular complexity index is 213. The van der Waals surface area contributed by atoms with Crippen molar-refractivity contribution in [2.45, 2.75) is 25.4 Å². The van der Waals surface area contributed by atoms with E-state index in [-0.39, 0.29) is 5.75 Å². The Labute approximate surface area is 81.1 Å². The predicted molar refractivity (Wildman–Crippen MR) is 52.8 cm³/mol. The average molecular weight is 178 g/mol. The van der Waals surface area contributed by atoms with Crippen LogP contribution in [0, 0.1) is 13.8 Å². The average Bonchev–Trinajstić information content (AvgIpc) is 2.02. The normalized spacial score (nSPS) is 8.00. The summed E-state index contributed by atoms with van der Waals surface area (Å²) < 4.78 is 0. The van der Waals surface area contributed by atoms with E-state index in [4.69, 9.17) is 0 Å². The van der Waals surface area contributed by atoms with Crippen molar-refractivity contribution < 1.29 is 5.11 Å². The molecule has 0 unspecified atom stereocenters. The van der Waals surface area contributed by atoms with Gasteiger partial charge >= 0.3 is 26.8 Å². The molecule has 0 bridgehead atoms. The maximum atomic E-state index is 11.0. The first-order chi connectivity index (χ1) is 5.63. The summed E-state index contributed by atoms with van der Waals surface area (Å²) in [6, 6.07) is 5.55. The molecule has 0 aliphatic rings. The molecule has 0 saturated heterocycles. The van der Waals surface area contributed by atoms with E-state index in [0.717, 1.165) is 26.3 Å². The Hall–Kier alpha value is -0.448. The van der Waals surface area contributed by atoms with Crippen LogP contribution in [0.25, 0.3) is 0 Å². The molecule has 0 aliphatic heterocycles. The van der Waals surface area contributed by atoms with E-state index < -0.39 is 0 Å². The van der Waals surface area contributed by atoms with Gasteiger partial charge in [-0.2, -0.15) is 0 Å². The summed E-state index contributed by atoms with van der Waals surface area (Å²) >= 11 is 0.750. The molecule has 0 fully saturated rings. The van der Waals surface area contributed by atoms with Crippen LogP contribution in [0.4, 0.5) is 0 Å². The molecule has 0 amide bonds. The standard InChI is InChI=1S/C8H10O.2CH3.Al/c1-6-4-3-5-7(2)8(6)9;;;/h3-5,9H,1-2H3;2*1H3;/q;;;+1/p-1. The second-order valence-electron chi connectivity index (χ2n) is 2.80. The van der Waals surface area contributed by atoms with Gasteiger partial charge in [-0.15, -0.1) is 5.75 Å². The van der Waals surface area contributed by atoms with Crippen LogP contribution in [0.1, 0.15) is 11.1 Å². The second-order valence-corrected chi connectivity index (χ2v) is 3.95. The molecule has 1 nitrogen and oxygen atoms in total. The van der Waals surface area contributed by atoms with Gasteiger partial charge in [0.2, 0.25) is 0 Å². The van der Waals surface area contributed by atoms with Crippen LogP contribution in [0.3, 0.4) is 0 Å². The molecule has 1 aromatic rings. The number of para-hydroxylation sites is 1. The second kappa shape index (κ2) is 6.11. The number of aryl methyl sites for hydroxylation is 2. The Kier molecular flexibility index (Phi) is 5.88. The van der Waals surface area contributed by atoms with Crippen molar-refractivity contribution in [1.29, 1.82) is 0 Å². The molecule has 0 N–H and O–H groups in total. The summed E-state index contributed by atoms with van der Waals surface area (Å²) in [5, 5.41) is 11.0. The molecule has 0 aromatic heterocycles. The first-order valence-electron chi connectivity index (χ1n) is 4.10. The van der Waals surface area contributed by atoms with Gasteiger partial charge in [0.25, 0.3) is 0 Å². The van der Waals surface area contributed by atoms with Crippen molar-refractivity contribution >= 4 is 15.2 Å². The molecular formula is C10H15AlO. The van der Waals surface area contributed by atoms with Gasteiger partial charge in [-0.05, 0) is 13.8 Å². The topological polar surface area (TPSA) is 23.1 Å². The zero-order chi connectivity index (χ0) is 9.56. The molecule has 0 aliphatic carbocycles. The van der Waals surface area contributed by atoms with Crippen LogP contribution in [-0.2, 0) is 0 Å². The zero-order valence-electron chi connectivity index (χ0n) is 8.22. The number of rotatable bonds is 0. The SMILES string of the molecule is Cc1cccc(C)c1[O-].[CH3][Al+][CH3]. The van der Waals surface area contributed by atoms with E-state index >= 15 is 0 Å². The molecule has 1 rings (SSSR count). The van der Waals surface area contributed by atoms with Crippen LogP contribution in [-0.4, -0.2) is 15.2 Å². The zero-order valence-corrected chi connectivity index (χ0v) is 9.37. The Balaban J connectivity index is 0.000000354. The van der Waals surface area contributed by atoms with Gasteiger partial charge in [0.1, 0.15) is 0 Å². The summed E-state index contributed by atoms with van der Waals surface area (Å²) in [6.45, 7) is 3.66. The molecule has 0 saturated carbocycles. The van der Waals surface area contributed by atoms with Gasteiger partial charge in [0, 0.05) is 0 Å². The first kappa shape index (κ1) is 11.6. The monoisotopic (exact) mass is 178 g/mol. The molecule has 64 valence electrons. The molecule has 0 spiro atoms. The van der Waals surface area contributed by atoms with Crippen LogP contribution < -0.4 is 5.11 Å². The van der Waals surface area contributed by atoms with Crippen molar-refractivity contribution in [2.75, 3.05) is 0 Å². The molecule has 1 aromatic carbocycles. The summed E-state index contributed by atoms with van der Waals surface area (Å²) in [6.07, 6.45) is 0. The van der Waals surface area contributed by atoms with Gasteiger partial charge < -0.3 is 5.11 Å². The number of benzene rings is 1. The van der Waals surface area contributed by atoms with Crippen molar-refractivity contribution in [3.63, 3.8) is 0 Å². The molecule has 0 radical (unpaired) electrons. The maximum absolute atomic E-state index is 11.0. The number of hydrogen-bond acceptors (Lipinski definition) is 1. The minimum atomic E-state index is 0.164. The minimum absolute atomic E-state index is 0.164. The Morgan fingerprint density at radius 3 is 1.67 bits per heavy atom. The van der Waals surface area contributed by atoms with Crippen molar-refractivity contribution in [3.8, 4) is 5.75 Å². The van der Waals surface area contributed by atoms with E-state index in [1.165, 1.54) is 0 Å². The van der Waals surface area contributed by atoms with Crippen LogP contribution >= 0.6 is 0 Å². The third kappa shape index (κ3) is 3.80. The predicted octanol–water partition coefficient (Wildman–Crippen LogP) is 2.16. The van der Waals surface area contributed by atoms with Crippen LogP contribution in [0.5, 0.6) is 5.75 Å². The summed E-state index contributed by atoms with van der Waals surface area (Å²) in [5.74, 6) is 4.58. The third-order valence-electron chi connectivity index (χ3n) is 1.41. The van der Waals surface area contributed by atoms with Gasteiger partial charge in [-0.3, -0.25) is 0 Å². The van der Waals surface area contributed by atoms with E-state index in [0.29, 0.717) is 0 Å². The van der Waals surface area contributed by atoms with Crippen LogP contribution in [0.2, 0.25) is 11.6 Å². The fraction of sp³-hybridized carbons (Fsp3) is 0.400. The summed E-state index contributed by atoms with van der Waals surface area (Å²) in [5.41, 5.74) is 1.66. The fourth-order valence-electron chi connectivity index (χ4n) is 0.799. The van der Waals surface area contributed by atoms with Crippen molar-refractivity contribution in [3.05, 3.63) is 29.3 Å². The Morgan fingerprint density at radius 2 is 1.42 bits per heavy atom. The van der Waals surface area contributed by atoms with E-state index in [2.05, 4.69) is 11.6 Å². The molecule has 2 heteroatoms. The summed E-state index contributed by atoms with van der Waals surface area (Å²) in [4.78, 5) is 0. The van der Waals surface area contributed by atoms with Gasteiger partial charge in [0.15, 0.2) is 0 Å². The number of hydrogen-bond donors (Lipinski definition) is 0. The van der Waals surface area contributed by atoms with E-state index in [9.17, 15) is 5.11 Å². The third-order valence-corrected chi connectivity index (χ3v) is 1.41. The first-order valence-corrected chi connectivity index (χ1v) is 6.41. The molecular weight excluding hydrogens is 163 g/mol. The quantitative estimate of drug-likeness (QED) is 0.558. The van der Waals surface area contributed by atoms with Gasteiger partial charge in [-0.1, -0.05) is 29.3 Å². The van der Waals surface area contributed by atoms with E-state index in [1.54, 1.807) is 0 Å².